The number of hydrogen-bond donors (Lipinski definition) is 5. The van der Waals surface area contributed by atoms with Gasteiger partial charge in [-0.15, -0.1) is 0 Å². The van der Waals surface area contributed by atoms with Crippen molar-refractivity contribution in [1.82, 2.24) is 0 Å². The van der Waals surface area contributed by atoms with E-state index in [0.717, 1.165) is 11.6 Å². The first-order valence-corrected chi connectivity index (χ1v) is 6.42. The fourth-order valence-corrected chi connectivity index (χ4v) is 1.45. The standard InChI is InChI=1S/C9H8O2.C6H8O7/c10-9(11)7-6-8-4-2-1-3-5-8;7-3(8)1-6(13,5(11)12)2-4(9)10/h1-7H,(H,10,11);13H,1-2H2,(H,7,8)(H,9,10)(H,11,12). The molecule has 9 nitrogen and oxygen atoms in total. The molecule has 0 amide bonds. The first kappa shape index (κ1) is 20.8. The summed E-state index contributed by atoms with van der Waals surface area (Å²) in [5.41, 5.74) is -1.84. The summed E-state index contributed by atoms with van der Waals surface area (Å²) in [6.07, 6.45) is 0.390. The van der Waals surface area contributed by atoms with Gasteiger partial charge in [-0.1, -0.05) is 30.3 Å². The fraction of sp³-hybridized carbons (Fsp3) is 0.200. The van der Waals surface area contributed by atoms with Gasteiger partial charge in [-0.25, -0.2) is 9.59 Å². The second-order valence-corrected chi connectivity index (χ2v) is 4.56. The SMILES string of the molecule is O=C(O)C=Cc1ccccc1.O=C(O)CC(O)(CC(=O)O)C(=O)O. The lowest BCUT2D eigenvalue weighted by atomic mass is 9.96. The quantitative estimate of drug-likeness (QED) is 0.444. The van der Waals surface area contributed by atoms with Gasteiger partial charge in [0.2, 0.25) is 0 Å². The fourth-order valence-electron chi connectivity index (χ4n) is 1.45. The lowest BCUT2D eigenvalue weighted by Crippen LogP contribution is -2.42. The summed E-state index contributed by atoms with van der Waals surface area (Å²) >= 11 is 0. The smallest absolute Gasteiger partial charge is 0.336 e. The minimum absolute atomic E-state index is 0.898. The number of rotatable bonds is 7. The van der Waals surface area contributed by atoms with E-state index < -0.39 is 42.3 Å². The largest absolute Gasteiger partial charge is 0.481 e. The van der Waals surface area contributed by atoms with E-state index in [2.05, 4.69) is 0 Å². The first-order valence-electron chi connectivity index (χ1n) is 6.42. The molecule has 0 heterocycles. The van der Waals surface area contributed by atoms with Gasteiger partial charge in [-0.3, -0.25) is 9.59 Å². The molecule has 0 aliphatic carbocycles. The van der Waals surface area contributed by atoms with E-state index in [4.69, 9.17) is 25.5 Å². The molecular weight excluding hydrogens is 324 g/mol. The van der Waals surface area contributed by atoms with E-state index in [-0.39, 0.29) is 0 Å². The second kappa shape index (κ2) is 9.74. The molecule has 0 unspecified atom stereocenters. The maximum absolute atomic E-state index is 10.3. The van der Waals surface area contributed by atoms with Crippen LogP contribution in [0.1, 0.15) is 18.4 Å². The van der Waals surface area contributed by atoms with Crippen molar-refractivity contribution in [1.29, 1.82) is 0 Å². The molecule has 0 bridgehead atoms. The number of benzene rings is 1. The van der Waals surface area contributed by atoms with Crippen LogP contribution in [0.2, 0.25) is 0 Å². The highest BCUT2D eigenvalue weighted by atomic mass is 16.4. The minimum Gasteiger partial charge on any atom is -0.481 e. The molecular formula is C15H16O9. The van der Waals surface area contributed by atoms with Crippen molar-refractivity contribution in [2.45, 2.75) is 18.4 Å². The summed E-state index contributed by atoms with van der Waals surface area (Å²) in [6.45, 7) is 0. The van der Waals surface area contributed by atoms with Crippen molar-refractivity contribution in [3.63, 3.8) is 0 Å². The molecule has 1 rings (SSSR count). The molecule has 9 heteroatoms. The third-order valence-corrected chi connectivity index (χ3v) is 2.50. The third kappa shape index (κ3) is 8.95. The molecule has 0 saturated carbocycles. The lowest BCUT2D eigenvalue weighted by molar-refractivity contribution is -0.170. The maximum atomic E-state index is 10.3. The highest BCUT2D eigenvalue weighted by Gasteiger charge is 2.40. The molecule has 0 radical (unpaired) electrons. The normalized spacial score (nSPS) is 10.5. The second-order valence-electron chi connectivity index (χ2n) is 4.56. The molecule has 1 aromatic rings. The molecule has 0 spiro atoms. The third-order valence-electron chi connectivity index (χ3n) is 2.50. The maximum Gasteiger partial charge on any atom is 0.336 e. The van der Waals surface area contributed by atoms with E-state index in [9.17, 15) is 19.2 Å². The Morgan fingerprint density at radius 1 is 0.875 bits per heavy atom. The Hall–Kier alpha value is -3.20. The summed E-state index contributed by atoms with van der Waals surface area (Å²) in [5.74, 6) is -5.94. The predicted molar refractivity (Wildman–Crippen MR) is 80.2 cm³/mol. The van der Waals surface area contributed by atoms with Gasteiger partial charge in [-0.05, 0) is 11.6 Å². The lowest BCUT2D eigenvalue weighted by Gasteiger charge is -2.18. The molecule has 1 aromatic carbocycles. The summed E-state index contributed by atoms with van der Waals surface area (Å²) < 4.78 is 0. The van der Waals surface area contributed by atoms with Crippen LogP contribution in [-0.2, 0) is 19.2 Å². The Balaban J connectivity index is 0.000000446. The van der Waals surface area contributed by atoms with Gasteiger partial charge in [0, 0.05) is 6.08 Å². The average molecular weight is 340 g/mol. The Bertz CT molecular complexity index is 603. The molecule has 0 saturated heterocycles. The van der Waals surface area contributed by atoms with Crippen molar-refractivity contribution in [3.05, 3.63) is 42.0 Å². The molecule has 24 heavy (non-hydrogen) atoms. The van der Waals surface area contributed by atoms with Crippen LogP contribution in [-0.4, -0.2) is 55.0 Å². The number of carboxylic acid groups (broad SMARTS) is 4. The Morgan fingerprint density at radius 3 is 1.67 bits per heavy atom. The Morgan fingerprint density at radius 2 is 1.33 bits per heavy atom. The molecule has 130 valence electrons. The number of aliphatic carboxylic acids is 4. The van der Waals surface area contributed by atoms with Crippen LogP contribution in [0.15, 0.2) is 36.4 Å². The van der Waals surface area contributed by atoms with E-state index in [1.54, 1.807) is 6.08 Å². The topological polar surface area (TPSA) is 169 Å². The van der Waals surface area contributed by atoms with Crippen LogP contribution in [0.4, 0.5) is 0 Å². The molecule has 0 aliphatic rings. The van der Waals surface area contributed by atoms with Gasteiger partial charge >= 0.3 is 23.9 Å². The number of aliphatic hydroxyl groups is 1. The van der Waals surface area contributed by atoms with E-state index >= 15 is 0 Å². The highest BCUT2D eigenvalue weighted by molar-refractivity contribution is 5.88. The van der Waals surface area contributed by atoms with Crippen molar-refractivity contribution in [2.75, 3.05) is 0 Å². The van der Waals surface area contributed by atoms with Crippen LogP contribution in [0.5, 0.6) is 0 Å². The van der Waals surface area contributed by atoms with Gasteiger partial charge in [0.1, 0.15) is 0 Å². The average Bonchev–Trinajstić information content (AvgIpc) is 2.45. The van der Waals surface area contributed by atoms with Crippen molar-refractivity contribution >= 4 is 30.0 Å². The summed E-state index contributed by atoms with van der Waals surface area (Å²) in [4.78, 5) is 40.6. The van der Waals surface area contributed by atoms with Crippen molar-refractivity contribution in [3.8, 4) is 0 Å². The predicted octanol–water partition coefficient (Wildman–Crippen LogP) is 0.536. The molecule has 0 fully saturated rings. The molecule has 0 aromatic heterocycles. The van der Waals surface area contributed by atoms with Crippen molar-refractivity contribution < 1.29 is 44.7 Å². The van der Waals surface area contributed by atoms with Gasteiger partial charge in [0.05, 0.1) is 12.8 Å². The monoisotopic (exact) mass is 340 g/mol. The first-order chi connectivity index (χ1) is 11.1. The number of carbonyl (C=O) groups is 4. The van der Waals surface area contributed by atoms with Gasteiger partial charge in [-0.2, -0.15) is 0 Å². The molecule has 5 N–H and O–H groups in total. The van der Waals surface area contributed by atoms with Crippen LogP contribution < -0.4 is 0 Å². The zero-order valence-corrected chi connectivity index (χ0v) is 12.3. The zero-order chi connectivity index (χ0) is 18.8. The van der Waals surface area contributed by atoms with E-state index in [1.807, 2.05) is 30.3 Å². The van der Waals surface area contributed by atoms with E-state index in [0.29, 0.717) is 0 Å². The van der Waals surface area contributed by atoms with E-state index in [1.165, 1.54) is 0 Å². The summed E-state index contributed by atoms with van der Waals surface area (Å²) in [5, 5.41) is 42.1. The number of hydrogen-bond acceptors (Lipinski definition) is 5. The van der Waals surface area contributed by atoms with Crippen LogP contribution in [0, 0.1) is 0 Å². The van der Waals surface area contributed by atoms with Gasteiger partial charge < -0.3 is 25.5 Å². The minimum atomic E-state index is -2.74. The zero-order valence-electron chi connectivity index (χ0n) is 12.3. The van der Waals surface area contributed by atoms with Gasteiger partial charge in [0.15, 0.2) is 5.60 Å². The van der Waals surface area contributed by atoms with Crippen LogP contribution in [0.3, 0.4) is 0 Å². The summed E-state index contributed by atoms with van der Waals surface area (Å²) in [7, 11) is 0. The van der Waals surface area contributed by atoms with Gasteiger partial charge in [0.25, 0.3) is 0 Å². The van der Waals surface area contributed by atoms with Crippen molar-refractivity contribution in [2.24, 2.45) is 0 Å². The summed E-state index contributed by atoms with van der Waals surface area (Å²) in [6, 6.07) is 9.31. The Labute approximate surface area is 136 Å². The Kier molecular flexibility index (Phi) is 8.44. The molecule has 0 atom stereocenters. The van der Waals surface area contributed by atoms with Crippen LogP contribution in [0.25, 0.3) is 6.08 Å². The molecule has 0 aliphatic heterocycles. The number of carboxylic acids is 4. The van der Waals surface area contributed by atoms with Crippen LogP contribution >= 0.6 is 0 Å². The highest BCUT2D eigenvalue weighted by Crippen LogP contribution is 2.15.